The second kappa shape index (κ2) is 12.2. The van der Waals surface area contributed by atoms with Crippen molar-refractivity contribution >= 4 is 78.6 Å². The number of para-hydroxylation sites is 4. The van der Waals surface area contributed by atoms with Gasteiger partial charge < -0.3 is 19.6 Å². The minimum absolute atomic E-state index is 0.177. The van der Waals surface area contributed by atoms with Crippen molar-refractivity contribution in [2.45, 2.75) is 0 Å². The molecule has 8 rings (SSSR count). The zero-order chi connectivity index (χ0) is 32.8. The Labute approximate surface area is 287 Å². The Balaban J connectivity index is 1.22. The van der Waals surface area contributed by atoms with Gasteiger partial charge in [-0.3, -0.25) is 9.59 Å². The summed E-state index contributed by atoms with van der Waals surface area (Å²) in [5, 5.41) is 1.97. The highest BCUT2D eigenvalue weighted by Crippen LogP contribution is 2.50. The Kier molecular flexibility index (Phi) is 7.51. The molecular weight excluding hydrogens is 633 g/mol. The number of likely N-dealkylation sites (N-methyl/N-ethyl adjacent to an activating group) is 2. The molecule has 0 unspecified atom stereocenters. The lowest BCUT2D eigenvalue weighted by Gasteiger charge is -2.23. The van der Waals surface area contributed by atoms with Crippen LogP contribution in [-0.2, 0) is 9.59 Å². The second-order valence-electron chi connectivity index (χ2n) is 11.5. The van der Waals surface area contributed by atoms with E-state index in [0.29, 0.717) is 22.5 Å². The third-order valence-corrected chi connectivity index (χ3v) is 10.7. The van der Waals surface area contributed by atoms with Crippen LogP contribution in [0.3, 0.4) is 0 Å². The fraction of sp³-hybridized carbons (Fsp3) is 0.0500. The maximum absolute atomic E-state index is 14.0. The van der Waals surface area contributed by atoms with Crippen molar-refractivity contribution in [3.63, 3.8) is 0 Å². The Bertz CT molecular complexity index is 1970. The molecule has 0 bridgehead atoms. The van der Waals surface area contributed by atoms with Gasteiger partial charge in [0.15, 0.2) is 0 Å². The summed E-state index contributed by atoms with van der Waals surface area (Å²) in [7, 11) is 3.53. The van der Waals surface area contributed by atoms with Crippen LogP contribution >= 0.6 is 22.7 Å². The molecule has 6 aromatic rings. The molecule has 4 heterocycles. The lowest BCUT2D eigenvalue weighted by atomic mass is 10.1. The summed E-state index contributed by atoms with van der Waals surface area (Å²) in [6, 6.07) is 49.0. The van der Waals surface area contributed by atoms with Gasteiger partial charge >= 0.3 is 0 Å². The largest absolute Gasteiger partial charge is 0.309 e. The molecule has 0 aliphatic carbocycles. The van der Waals surface area contributed by atoms with Crippen molar-refractivity contribution in [1.29, 1.82) is 0 Å². The SMILES string of the molecule is CN1C(=O)C2=C(c3ccc(N(c4ccccc4)c4ccccc4)s3)N(C)C(=O)C2=C1c1ccc(N(c2ccccc2)c2ccccc2)s1. The van der Waals surface area contributed by atoms with Crippen LogP contribution in [0.25, 0.3) is 11.4 Å². The predicted octanol–water partition coefficient (Wildman–Crippen LogP) is 9.82. The number of hydrogen-bond acceptors (Lipinski definition) is 6. The highest BCUT2D eigenvalue weighted by molar-refractivity contribution is 7.17. The van der Waals surface area contributed by atoms with Gasteiger partial charge in [-0.15, -0.1) is 22.7 Å². The van der Waals surface area contributed by atoms with Crippen molar-refractivity contribution in [2.24, 2.45) is 0 Å². The van der Waals surface area contributed by atoms with Crippen LogP contribution < -0.4 is 9.80 Å². The maximum Gasteiger partial charge on any atom is 0.261 e. The van der Waals surface area contributed by atoms with E-state index in [1.165, 1.54) is 0 Å². The summed E-state index contributed by atoms with van der Waals surface area (Å²) >= 11 is 3.13. The third kappa shape index (κ3) is 4.94. The number of hydrogen-bond donors (Lipinski definition) is 0. The van der Waals surface area contributed by atoms with Gasteiger partial charge in [-0.05, 0) is 72.8 Å². The summed E-state index contributed by atoms with van der Waals surface area (Å²) < 4.78 is 0. The molecule has 2 amide bonds. The van der Waals surface area contributed by atoms with E-state index in [9.17, 15) is 9.59 Å². The quantitative estimate of drug-likeness (QED) is 0.163. The van der Waals surface area contributed by atoms with Crippen LogP contribution in [0.4, 0.5) is 32.8 Å². The van der Waals surface area contributed by atoms with E-state index in [1.807, 2.05) is 84.9 Å². The third-order valence-electron chi connectivity index (χ3n) is 8.58. The fourth-order valence-electron chi connectivity index (χ4n) is 6.37. The number of benzene rings is 4. The molecule has 4 aromatic carbocycles. The average molecular weight is 663 g/mol. The lowest BCUT2D eigenvalue weighted by molar-refractivity contribution is -0.123. The molecule has 0 saturated heterocycles. The first-order valence-corrected chi connectivity index (χ1v) is 17.2. The fourth-order valence-corrected chi connectivity index (χ4v) is 8.64. The monoisotopic (exact) mass is 662 g/mol. The highest BCUT2D eigenvalue weighted by Gasteiger charge is 2.47. The zero-order valence-corrected chi connectivity index (χ0v) is 27.9. The average Bonchev–Trinajstić information content (AvgIpc) is 3.91. The Morgan fingerprint density at radius 1 is 0.417 bits per heavy atom. The van der Waals surface area contributed by atoms with Gasteiger partial charge in [-0.25, -0.2) is 0 Å². The van der Waals surface area contributed by atoms with Crippen LogP contribution in [-0.4, -0.2) is 35.7 Å². The molecule has 2 aromatic heterocycles. The molecule has 234 valence electrons. The summed E-state index contributed by atoms with van der Waals surface area (Å²) in [5.41, 5.74) is 6.31. The van der Waals surface area contributed by atoms with E-state index in [-0.39, 0.29) is 11.8 Å². The summed E-state index contributed by atoms with van der Waals surface area (Å²) in [6.45, 7) is 0. The first-order valence-electron chi connectivity index (χ1n) is 15.6. The normalized spacial score (nSPS) is 14.3. The number of fused-ring (bicyclic) bond motifs is 1. The van der Waals surface area contributed by atoms with Crippen molar-refractivity contribution < 1.29 is 9.59 Å². The minimum atomic E-state index is -0.177. The number of thiophene rings is 2. The zero-order valence-electron chi connectivity index (χ0n) is 26.3. The topological polar surface area (TPSA) is 47.1 Å². The first-order chi connectivity index (χ1) is 23.5. The summed E-state index contributed by atoms with van der Waals surface area (Å²) in [4.78, 5) is 37.5. The Morgan fingerprint density at radius 2 is 0.708 bits per heavy atom. The summed E-state index contributed by atoms with van der Waals surface area (Å²) in [5.74, 6) is -0.355. The van der Waals surface area contributed by atoms with Gasteiger partial charge in [-0.1, -0.05) is 72.8 Å². The van der Waals surface area contributed by atoms with Crippen LogP contribution in [0.2, 0.25) is 0 Å². The molecule has 2 aliphatic heterocycles. The summed E-state index contributed by atoms with van der Waals surface area (Å²) in [6.07, 6.45) is 0. The first kappa shape index (κ1) is 29.7. The molecule has 0 spiro atoms. The smallest absolute Gasteiger partial charge is 0.261 e. The molecule has 0 fully saturated rings. The Morgan fingerprint density at radius 3 is 1.00 bits per heavy atom. The van der Waals surface area contributed by atoms with Crippen LogP contribution in [0.5, 0.6) is 0 Å². The van der Waals surface area contributed by atoms with Crippen LogP contribution in [0.1, 0.15) is 9.75 Å². The number of nitrogens with zero attached hydrogens (tertiary/aromatic N) is 4. The van der Waals surface area contributed by atoms with Crippen LogP contribution in [0.15, 0.2) is 157 Å². The van der Waals surface area contributed by atoms with Crippen molar-refractivity contribution in [3.05, 3.63) is 166 Å². The molecule has 8 heteroatoms. The van der Waals surface area contributed by atoms with Crippen molar-refractivity contribution in [1.82, 2.24) is 9.80 Å². The number of rotatable bonds is 8. The van der Waals surface area contributed by atoms with Crippen molar-refractivity contribution in [3.8, 4) is 0 Å². The standard InChI is InChI=1S/C40H30N4O2S2/c1-41-37(31-23-25-33(47-31)43(27-15-7-3-8-16-27)28-17-9-4-10-18-28)35-36(39(41)45)38(42(2)40(35)46)32-24-26-34(48-32)44(29-19-11-5-12-20-29)30-21-13-6-14-22-30/h3-26H,1-2H3. The van der Waals surface area contributed by atoms with Gasteiger partial charge in [0, 0.05) is 36.8 Å². The number of carbonyl (C=O) groups excluding carboxylic acids is 2. The second-order valence-corrected chi connectivity index (χ2v) is 13.6. The van der Waals surface area contributed by atoms with Crippen LogP contribution in [0, 0.1) is 0 Å². The minimum Gasteiger partial charge on any atom is -0.309 e. The van der Waals surface area contributed by atoms with Gasteiger partial charge in [0.05, 0.1) is 32.3 Å². The van der Waals surface area contributed by atoms with E-state index in [4.69, 9.17) is 0 Å². The van der Waals surface area contributed by atoms with E-state index in [0.717, 1.165) is 42.5 Å². The predicted molar refractivity (Wildman–Crippen MR) is 197 cm³/mol. The molecule has 48 heavy (non-hydrogen) atoms. The van der Waals surface area contributed by atoms with E-state index in [1.54, 1.807) is 46.6 Å². The van der Waals surface area contributed by atoms with Gasteiger partial charge in [0.1, 0.15) is 10.0 Å². The van der Waals surface area contributed by atoms with Gasteiger partial charge in [-0.2, -0.15) is 0 Å². The molecule has 0 atom stereocenters. The molecular formula is C40H30N4O2S2. The number of amides is 2. The Hall–Kier alpha value is -5.70. The number of carbonyl (C=O) groups is 2. The van der Waals surface area contributed by atoms with E-state index in [2.05, 4.69) is 70.5 Å². The molecule has 6 nitrogen and oxygen atoms in total. The lowest BCUT2D eigenvalue weighted by Crippen LogP contribution is -2.24. The number of anilines is 6. The molecule has 0 radical (unpaired) electrons. The highest BCUT2D eigenvalue weighted by atomic mass is 32.1. The molecule has 0 N–H and O–H groups in total. The maximum atomic E-state index is 14.0. The van der Waals surface area contributed by atoms with E-state index < -0.39 is 0 Å². The van der Waals surface area contributed by atoms with E-state index >= 15 is 0 Å². The molecule has 0 saturated carbocycles. The van der Waals surface area contributed by atoms with Gasteiger partial charge in [0.25, 0.3) is 11.8 Å². The van der Waals surface area contributed by atoms with Crippen molar-refractivity contribution in [2.75, 3.05) is 23.9 Å². The molecule has 2 aliphatic rings. The van der Waals surface area contributed by atoms with Gasteiger partial charge in [0.2, 0.25) is 0 Å².